The third-order valence-electron chi connectivity index (χ3n) is 4.16. The van der Waals surface area contributed by atoms with Crippen molar-refractivity contribution in [1.82, 2.24) is 9.55 Å². The Hall–Kier alpha value is -1.97. The lowest BCUT2D eigenvalue weighted by atomic mass is 10.0. The predicted octanol–water partition coefficient (Wildman–Crippen LogP) is 3.43. The standard InChI is InChI=1S/C17H21N3O/c1-3-4-5-6-9-13-12(2)18-17-19-14-10-7-8-11-15(14)20(17)16(13)21/h7-8,10-11,15H,3-6,9H2,1-2H3. The first-order valence-corrected chi connectivity index (χ1v) is 7.78. The SMILES string of the molecule is CCCCCCc1c(C)nc2n(c1=O)C1C=CC=CC1=N2. The number of aromatic nitrogens is 2. The average molecular weight is 283 g/mol. The summed E-state index contributed by atoms with van der Waals surface area (Å²) in [4.78, 5) is 21.8. The number of rotatable bonds is 5. The number of aliphatic imine (C=N–C) groups is 1. The second kappa shape index (κ2) is 5.80. The van der Waals surface area contributed by atoms with Gasteiger partial charge in [-0.05, 0) is 25.8 Å². The Morgan fingerprint density at radius 2 is 2.10 bits per heavy atom. The van der Waals surface area contributed by atoms with Gasteiger partial charge in [-0.1, -0.05) is 44.4 Å². The molecule has 1 atom stereocenters. The number of allylic oxidation sites excluding steroid dienone is 4. The van der Waals surface area contributed by atoms with Gasteiger partial charge in [0.05, 0.1) is 11.4 Å². The summed E-state index contributed by atoms with van der Waals surface area (Å²) in [5, 5.41) is 0. The van der Waals surface area contributed by atoms with Crippen LogP contribution >= 0.6 is 0 Å². The fraction of sp³-hybridized carbons (Fsp3) is 0.471. The summed E-state index contributed by atoms with van der Waals surface area (Å²) >= 11 is 0. The van der Waals surface area contributed by atoms with Gasteiger partial charge in [0.2, 0.25) is 5.95 Å². The summed E-state index contributed by atoms with van der Waals surface area (Å²) in [6, 6.07) is -0.0695. The fourth-order valence-corrected chi connectivity index (χ4v) is 2.97. The molecule has 2 heterocycles. The number of fused-ring (bicyclic) bond motifs is 3. The second-order valence-electron chi connectivity index (χ2n) is 5.69. The minimum Gasteiger partial charge on any atom is -0.269 e. The molecule has 0 N–H and O–H groups in total. The lowest BCUT2D eigenvalue weighted by Crippen LogP contribution is -2.29. The van der Waals surface area contributed by atoms with Crippen molar-refractivity contribution in [3.63, 3.8) is 0 Å². The van der Waals surface area contributed by atoms with Crippen molar-refractivity contribution in [3.8, 4) is 0 Å². The number of nitrogens with zero attached hydrogens (tertiary/aromatic N) is 3. The normalized spacial score (nSPS) is 18.6. The highest BCUT2D eigenvalue weighted by atomic mass is 16.1. The highest BCUT2D eigenvalue weighted by Gasteiger charge is 2.28. The van der Waals surface area contributed by atoms with Crippen LogP contribution in [-0.2, 0) is 6.42 Å². The second-order valence-corrected chi connectivity index (χ2v) is 5.69. The van der Waals surface area contributed by atoms with Gasteiger partial charge in [0.15, 0.2) is 0 Å². The zero-order chi connectivity index (χ0) is 14.8. The molecule has 4 heteroatoms. The Morgan fingerprint density at radius 3 is 2.90 bits per heavy atom. The number of aryl methyl sites for hydroxylation is 1. The third kappa shape index (κ3) is 2.50. The first-order valence-electron chi connectivity index (χ1n) is 7.78. The highest BCUT2D eigenvalue weighted by Crippen LogP contribution is 2.28. The zero-order valence-electron chi connectivity index (χ0n) is 12.7. The van der Waals surface area contributed by atoms with E-state index in [0.29, 0.717) is 5.95 Å². The van der Waals surface area contributed by atoms with Crippen molar-refractivity contribution < 1.29 is 0 Å². The fourth-order valence-electron chi connectivity index (χ4n) is 2.97. The van der Waals surface area contributed by atoms with Crippen LogP contribution in [0.15, 0.2) is 34.1 Å². The minimum atomic E-state index is -0.0695. The molecule has 0 radical (unpaired) electrons. The zero-order valence-corrected chi connectivity index (χ0v) is 12.7. The van der Waals surface area contributed by atoms with Gasteiger partial charge in [-0.15, -0.1) is 0 Å². The molecule has 1 unspecified atom stereocenters. The molecule has 110 valence electrons. The van der Waals surface area contributed by atoms with Gasteiger partial charge in [-0.25, -0.2) is 9.98 Å². The summed E-state index contributed by atoms with van der Waals surface area (Å²) in [5.41, 5.74) is 2.68. The Morgan fingerprint density at radius 1 is 1.24 bits per heavy atom. The van der Waals surface area contributed by atoms with Crippen molar-refractivity contribution in [2.45, 2.75) is 52.0 Å². The molecular weight excluding hydrogens is 262 g/mol. The van der Waals surface area contributed by atoms with Gasteiger partial charge >= 0.3 is 0 Å². The summed E-state index contributed by atoms with van der Waals surface area (Å²) in [7, 11) is 0. The van der Waals surface area contributed by atoms with Crippen LogP contribution in [0.2, 0.25) is 0 Å². The first-order chi connectivity index (χ1) is 10.2. The van der Waals surface area contributed by atoms with E-state index in [0.717, 1.165) is 29.8 Å². The maximum absolute atomic E-state index is 12.8. The monoisotopic (exact) mass is 283 g/mol. The molecule has 4 nitrogen and oxygen atoms in total. The van der Waals surface area contributed by atoms with Crippen LogP contribution in [0.1, 0.15) is 49.9 Å². The molecule has 0 fully saturated rings. The first kappa shape index (κ1) is 14.0. The molecule has 3 rings (SSSR count). The van der Waals surface area contributed by atoms with E-state index in [-0.39, 0.29) is 11.6 Å². The van der Waals surface area contributed by atoms with Gasteiger partial charge in [0, 0.05) is 5.56 Å². The van der Waals surface area contributed by atoms with Crippen molar-refractivity contribution in [2.75, 3.05) is 0 Å². The van der Waals surface area contributed by atoms with Crippen molar-refractivity contribution in [1.29, 1.82) is 0 Å². The molecule has 1 aliphatic carbocycles. The lowest BCUT2D eigenvalue weighted by Gasteiger charge is -2.14. The Balaban J connectivity index is 1.92. The van der Waals surface area contributed by atoms with Crippen LogP contribution in [0.3, 0.4) is 0 Å². The Labute approximate surface area is 124 Å². The van der Waals surface area contributed by atoms with Crippen LogP contribution in [-0.4, -0.2) is 15.3 Å². The number of hydrogen-bond donors (Lipinski definition) is 0. The predicted molar refractivity (Wildman–Crippen MR) is 85.5 cm³/mol. The molecule has 0 saturated heterocycles. The van der Waals surface area contributed by atoms with E-state index in [2.05, 4.69) is 16.9 Å². The third-order valence-corrected chi connectivity index (χ3v) is 4.16. The molecule has 0 bridgehead atoms. The molecule has 0 amide bonds. The smallest absolute Gasteiger partial charge is 0.259 e. The van der Waals surface area contributed by atoms with Crippen LogP contribution in [0.25, 0.3) is 0 Å². The van der Waals surface area contributed by atoms with Gasteiger partial charge in [0.25, 0.3) is 5.56 Å². The molecule has 0 spiro atoms. The van der Waals surface area contributed by atoms with Crippen LogP contribution in [0.4, 0.5) is 5.95 Å². The summed E-state index contributed by atoms with van der Waals surface area (Å²) < 4.78 is 1.73. The Bertz CT molecular complexity index is 695. The van der Waals surface area contributed by atoms with Gasteiger partial charge < -0.3 is 0 Å². The molecule has 21 heavy (non-hydrogen) atoms. The molecule has 0 saturated carbocycles. The van der Waals surface area contributed by atoms with Crippen LogP contribution in [0, 0.1) is 6.92 Å². The topological polar surface area (TPSA) is 47.2 Å². The van der Waals surface area contributed by atoms with Gasteiger partial charge in [-0.3, -0.25) is 9.36 Å². The summed E-state index contributed by atoms with van der Waals surface area (Å²) in [5.74, 6) is 0.547. The molecule has 1 aromatic heterocycles. The van der Waals surface area contributed by atoms with Gasteiger partial charge in [-0.2, -0.15) is 0 Å². The van der Waals surface area contributed by atoms with Crippen molar-refractivity contribution >= 4 is 11.7 Å². The lowest BCUT2D eigenvalue weighted by molar-refractivity contribution is 0.648. The quantitative estimate of drug-likeness (QED) is 0.777. The maximum Gasteiger partial charge on any atom is 0.259 e. The Kier molecular flexibility index (Phi) is 3.86. The van der Waals surface area contributed by atoms with Gasteiger partial charge in [0.1, 0.15) is 6.04 Å². The van der Waals surface area contributed by atoms with E-state index in [1.807, 2.05) is 31.2 Å². The molecular formula is C17H21N3O. The highest BCUT2D eigenvalue weighted by molar-refractivity contribution is 6.03. The molecule has 0 aromatic carbocycles. The van der Waals surface area contributed by atoms with E-state index >= 15 is 0 Å². The molecule has 2 aliphatic rings. The molecule has 1 aromatic rings. The summed E-state index contributed by atoms with van der Waals surface area (Å²) in [6.07, 6.45) is 13.4. The van der Waals surface area contributed by atoms with Crippen LogP contribution in [0.5, 0.6) is 0 Å². The number of unbranched alkanes of at least 4 members (excludes halogenated alkanes) is 3. The van der Waals surface area contributed by atoms with E-state index in [4.69, 9.17) is 0 Å². The average Bonchev–Trinajstić information content (AvgIpc) is 2.84. The van der Waals surface area contributed by atoms with Crippen LogP contribution < -0.4 is 5.56 Å². The van der Waals surface area contributed by atoms with E-state index in [1.54, 1.807) is 4.57 Å². The largest absolute Gasteiger partial charge is 0.269 e. The van der Waals surface area contributed by atoms with Crippen molar-refractivity contribution in [2.24, 2.45) is 4.99 Å². The minimum absolute atomic E-state index is 0.0695. The summed E-state index contributed by atoms with van der Waals surface area (Å²) in [6.45, 7) is 4.12. The van der Waals surface area contributed by atoms with E-state index in [9.17, 15) is 4.79 Å². The van der Waals surface area contributed by atoms with E-state index in [1.165, 1.54) is 19.3 Å². The maximum atomic E-state index is 12.8. The number of hydrogen-bond acceptors (Lipinski definition) is 3. The molecule has 1 aliphatic heterocycles. The van der Waals surface area contributed by atoms with E-state index < -0.39 is 0 Å². The van der Waals surface area contributed by atoms with Crippen molar-refractivity contribution in [3.05, 3.63) is 45.9 Å².